The molecule has 0 aromatic carbocycles. The van der Waals surface area contributed by atoms with Crippen LogP contribution in [0.2, 0.25) is 0 Å². The van der Waals surface area contributed by atoms with E-state index in [0.29, 0.717) is 0 Å². The zero-order valence-electron chi connectivity index (χ0n) is 8.77. The van der Waals surface area contributed by atoms with Crippen molar-refractivity contribution < 1.29 is 33.7 Å². The Morgan fingerprint density at radius 1 is 1.35 bits per heavy atom. The number of rotatable bonds is 1. The van der Waals surface area contributed by atoms with Gasteiger partial charge < -0.3 is 0 Å². The molecule has 1 aromatic heterocycles. The molecule has 5 nitrogen and oxygen atoms in total. The first kappa shape index (κ1) is 15.3. The molecule has 1 aliphatic carbocycles. The summed E-state index contributed by atoms with van der Waals surface area (Å²) in [7, 11) is -1.33. The lowest BCUT2D eigenvalue weighted by atomic mass is 10.3. The Labute approximate surface area is 112 Å². The summed E-state index contributed by atoms with van der Waals surface area (Å²) in [5.41, 5.74) is 1.46. The summed E-state index contributed by atoms with van der Waals surface area (Å²) in [5, 5.41) is 0.207. The van der Waals surface area contributed by atoms with Gasteiger partial charge in [0, 0.05) is 24.2 Å². The van der Waals surface area contributed by atoms with E-state index >= 15 is 0 Å². The molecular formula is C8H9ClO5S3. The Bertz CT molecular complexity index is 394. The third-order valence-corrected chi connectivity index (χ3v) is 5.89. The molecule has 1 heterocycles. The fraction of sp³-hybridized carbons (Fsp3) is 0.500. The Hall–Kier alpha value is 0.200. The molecule has 96 valence electrons. The van der Waals surface area contributed by atoms with Gasteiger partial charge in [-0.2, -0.15) is 0 Å². The first-order valence-electron chi connectivity index (χ1n) is 4.51. The Balaban J connectivity index is 0.000000249. The molecule has 0 amide bonds. The van der Waals surface area contributed by atoms with Gasteiger partial charge in [-0.15, -0.1) is 10.2 Å². The summed E-state index contributed by atoms with van der Waals surface area (Å²) in [6.45, 7) is 1.64. The molecule has 0 N–H and O–H groups in total. The molecule has 1 aromatic rings. The number of hydrogen-bond acceptors (Lipinski definition) is 7. The number of thioether (sulfide) groups is 1. The van der Waals surface area contributed by atoms with Crippen LogP contribution in [0.5, 0.6) is 0 Å². The molecule has 0 aliphatic heterocycles. The average Bonchev–Trinajstić information content (AvgIpc) is 2.65. The van der Waals surface area contributed by atoms with Crippen molar-refractivity contribution in [2.75, 3.05) is 0 Å². The van der Waals surface area contributed by atoms with Crippen molar-refractivity contribution in [3.8, 4) is 0 Å². The minimum Gasteiger partial charge on any atom is -0.287 e. The molecule has 9 heteroatoms. The van der Waals surface area contributed by atoms with Gasteiger partial charge in [0.15, 0.2) is 15.5 Å². The van der Waals surface area contributed by atoms with Crippen molar-refractivity contribution in [3.05, 3.63) is 10.4 Å². The van der Waals surface area contributed by atoms with Crippen molar-refractivity contribution in [2.45, 2.75) is 30.4 Å². The lowest BCUT2D eigenvalue weighted by molar-refractivity contribution is -2.00. The normalized spacial score (nSPS) is 13.9. The molecule has 2 rings (SSSR count). The van der Waals surface area contributed by atoms with Crippen LogP contribution in [-0.4, -0.2) is 5.12 Å². The van der Waals surface area contributed by atoms with E-state index in [0.717, 1.165) is 0 Å². The van der Waals surface area contributed by atoms with Crippen LogP contribution in [0.4, 0.5) is 0 Å². The third-order valence-electron chi connectivity index (χ3n) is 1.87. The molecule has 0 radical (unpaired) electrons. The van der Waals surface area contributed by atoms with Gasteiger partial charge >= 0.3 is 10.3 Å². The summed E-state index contributed by atoms with van der Waals surface area (Å²) >= 11 is 1.40. The molecule has 0 spiro atoms. The van der Waals surface area contributed by atoms with Gasteiger partial charge in [-0.1, -0.05) is 0 Å². The smallest absolute Gasteiger partial charge is 0.287 e. The topological polar surface area (TPSA) is 109 Å². The highest BCUT2D eigenvalue weighted by molar-refractivity contribution is 8.15. The lowest BCUT2D eigenvalue weighted by Gasteiger charge is -2.17. The third kappa shape index (κ3) is 6.07. The minimum absolute atomic E-state index is 0.207. The van der Waals surface area contributed by atoms with E-state index in [1.54, 1.807) is 17.3 Å². The second-order valence-electron chi connectivity index (χ2n) is 3.18. The van der Waals surface area contributed by atoms with E-state index < -0.39 is 10.2 Å². The standard InChI is InChI=1S/C8H9OS3.ClHO4/c1-5(9)10-8-6-3-2-4-7(6)11-12-8;2-1(3,4)5/h2-4H2,1H3;(H,2,3,4,5)/q+1;/p-1. The van der Waals surface area contributed by atoms with E-state index in [-0.39, 0.29) is 5.12 Å². The number of carbonyl (C=O) groups is 1. The van der Waals surface area contributed by atoms with Crippen molar-refractivity contribution >= 4 is 37.6 Å². The van der Waals surface area contributed by atoms with E-state index in [4.69, 9.17) is 18.6 Å². The van der Waals surface area contributed by atoms with Crippen molar-refractivity contribution in [2.24, 2.45) is 0 Å². The predicted octanol–water partition coefficient (Wildman–Crippen LogP) is -1.54. The van der Waals surface area contributed by atoms with Crippen LogP contribution in [0.15, 0.2) is 4.21 Å². The molecular weight excluding hydrogens is 308 g/mol. The van der Waals surface area contributed by atoms with Crippen LogP contribution < -0.4 is 18.6 Å². The molecule has 0 bridgehead atoms. The average molecular weight is 317 g/mol. The van der Waals surface area contributed by atoms with E-state index in [1.165, 1.54) is 45.7 Å². The fourth-order valence-corrected chi connectivity index (χ4v) is 5.63. The van der Waals surface area contributed by atoms with Gasteiger partial charge in [-0.3, -0.25) is 4.79 Å². The van der Waals surface area contributed by atoms with Crippen LogP contribution in [0.1, 0.15) is 23.8 Å². The van der Waals surface area contributed by atoms with Gasteiger partial charge in [0.1, 0.15) is 0 Å². The summed E-state index contributed by atoms with van der Waals surface area (Å²) in [6.07, 6.45) is 3.69. The van der Waals surface area contributed by atoms with Crippen LogP contribution in [0.3, 0.4) is 0 Å². The number of halogens is 1. The van der Waals surface area contributed by atoms with Gasteiger partial charge in [0.05, 0.1) is 4.88 Å². The maximum Gasteiger partial charge on any atom is 0.308 e. The molecule has 0 fully saturated rings. The summed E-state index contributed by atoms with van der Waals surface area (Å²) < 4.78 is 35.2. The van der Waals surface area contributed by atoms with E-state index in [1.807, 2.05) is 10.3 Å². The van der Waals surface area contributed by atoms with E-state index in [9.17, 15) is 4.79 Å². The Kier molecular flexibility index (Phi) is 5.74. The number of aryl methyl sites for hydroxylation is 1. The predicted molar refractivity (Wildman–Crippen MR) is 55.2 cm³/mol. The highest BCUT2D eigenvalue weighted by atomic mass is 35.7. The zero-order chi connectivity index (χ0) is 13.1. The quantitative estimate of drug-likeness (QED) is 0.353. The second-order valence-corrected chi connectivity index (χ2v) is 7.62. The molecule has 0 atom stereocenters. The first-order chi connectivity index (χ1) is 7.77. The highest BCUT2D eigenvalue weighted by Crippen LogP contribution is 2.41. The number of hydrogen-bond donors (Lipinski definition) is 0. The summed E-state index contributed by atoms with van der Waals surface area (Å²) in [4.78, 5) is 12.4. The Morgan fingerprint density at radius 2 is 1.94 bits per heavy atom. The maximum atomic E-state index is 10.9. The fourth-order valence-electron chi connectivity index (χ4n) is 1.37. The maximum absolute atomic E-state index is 10.9. The molecule has 0 unspecified atom stereocenters. The van der Waals surface area contributed by atoms with Gasteiger partial charge in [-0.05, 0) is 19.3 Å². The van der Waals surface area contributed by atoms with Crippen LogP contribution in [0.25, 0.3) is 0 Å². The van der Waals surface area contributed by atoms with Crippen molar-refractivity contribution in [1.29, 1.82) is 0 Å². The zero-order valence-corrected chi connectivity index (χ0v) is 12.0. The number of fused-ring (bicyclic) bond motifs is 1. The largest absolute Gasteiger partial charge is 0.308 e. The second kappa shape index (κ2) is 6.39. The monoisotopic (exact) mass is 316 g/mol. The summed E-state index contributed by atoms with van der Waals surface area (Å²) in [5.74, 6) is 0. The van der Waals surface area contributed by atoms with Crippen molar-refractivity contribution in [3.63, 3.8) is 0 Å². The molecule has 0 saturated heterocycles. The minimum atomic E-state index is -4.94. The van der Waals surface area contributed by atoms with Crippen LogP contribution in [-0.2, 0) is 17.6 Å². The lowest BCUT2D eigenvalue weighted by Crippen LogP contribution is -2.68. The highest BCUT2D eigenvalue weighted by Gasteiger charge is 2.28. The van der Waals surface area contributed by atoms with Gasteiger partial charge in [0.2, 0.25) is 0 Å². The SMILES string of the molecule is CC(=O)Sc1[s+]sc2c1CCC2.[O-][Cl+3]([O-])([O-])[O-]. The first-order valence-corrected chi connectivity index (χ1v) is 8.71. The van der Waals surface area contributed by atoms with E-state index in [2.05, 4.69) is 0 Å². The molecule has 1 aliphatic rings. The Morgan fingerprint density at radius 3 is 2.47 bits per heavy atom. The van der Waals surface area contributed by atoms with Gasteiger partial charge in [0.25, 0.3) is 4.21 Å². The number of carbonyl (C=O) groups excluding carboxylic acids is 1. The summed E-state index contributed by atoms with van der Waals surface area (Å²) in [6, 6.07) is 0. The molecule has 0 saturated carbocycles. The van der Waals surface area contributed by atoms with Crippen molar-refractivity contribution in [1.82, 2.24) is 0 Å². The van der Waals surface area contributed by atoms with Crippen LogP contribution in [0, 0.1) is 10.2 Å². The molecule has 17 heavy (non-hydrogen) atoms. The van der Waals surface area contributed by atoms with Gasteiger partial charge in [-0.25, -0.2) is 18.6 Å². The van der Waals surface area contributed by atoms with Crippen LogP contribution >= 0.6 is 32.4 Å².